The molecule has 2 aromatic carbocycles. The van der Waals surface area contributed by atoms with Crippen LogP contribution in [0, 0.1) is 5.92 Å². The first-order chi connectivity index (χ1) is 16.1. The molecule has 3 atom stereocenters. The normalized spacial score (nSPS) is 21.2. The molecule has 3 unspecified atom stereocenters. The second kappa shape index (κ2) is 9.62. The minimum absolute atomic E-state index is 0.133. The van der Waals surface area contributed by atoms with E-state index in [1.807, 2.05) is 64.1 Å². The average molecular weight is 500 g/mol. The largest absolute Gasteiger partial charge is 0.350 e. The van der Waals surface area contributed by atoms with Crippen LogP contribution in [0.3, 0.4) is 0 Å². The van der Waals surface area contributed by atoms with Gasteiger partial charge in [0, 0.05) is 21.9 Å². The fraction of sp³-hybridized carbons (Fsp3) is 0.423. The number of carbonyl (C=O) groups is 3. The van der Waals surface area contributed by atoms with Gasteiger partial charge in [-0.2, -0.15) is 0 Å². The van der Waals surface area contributed by atoms with Crippen molar-refractivity contribution in [1.29, 1.82) is 0 Å². The van der Waals surface area contributed by atoms with Crippen LogP contribution in [-0.2, 0) is 16.1 Å². The predicted octanol–water partition coefficient (Wildman–Crippen LogP) is 4.54. The molecule has 0 radical (unpaired) electrons. The summed E-state index contributed by atoms with van der Waals surface area (Å²) in [6.07, 6.45) is 0.496. The number of hydrogen-bond acceptors (Lipinski definition) is 4. The van der Waals surface area contributed by atoms with Crippen molar-refractivity contribution < 1.29 is 14.4 Å². The number of fused-ring (bicyclic) bond motifs is 3. The van der Waals surface area contributed by atoms with Crippen LogP contribution in [0.5, 0.6) is 0 Å². The van der Waals surface area contributed by atoms with Crippen molar-refractivity contribution in [3.05, 3.63) is 70.2 Å². The molecule has 2 heterocycles. The molecule has 0 saturated carbocycles. The Balaban J connectivity index is 1.50. The number of amides is 3. The van der Waals surface area contributed by atoms with Gasteiger partial charge in [-0.1, -0.05) is 55.8 Å². The maximum atomic E-state index is 13.6. The van der Waals surface area contributed by atoms with E-state index in [-0.39, 0.29) is 29.0 Å². The molecule has 1 saturated heterocycles. The van der Waals surface area contributed by atoms with E-state index in [0.29, 0.717) is 23.6 Å². The zero-order valence-corrected chi connectivity index (χ0v) is 21.4. The summed E-state index contributed by atoms with van der Waals surface area (Å²) in [4.78, 5) is 41.5. The van der Waals surface area contributed by atoms with E-state index < -0.39 is 16.8 Å². The summed E-state index contributed by atoms with van der Waals surface area (Å²) in [5, 5.41) is 6.33. The van der Waals surface area contributed by atoms with Gasteiger partial charge in [0.05, 0.1) is 0 Å². The second-order valence-corrected chi connectivity index (χ2v) is 12.0. The molecule has 4 rings (SSSR count). The number of nitrogens with one attached hydrogen (secondary N) is 2. The van der Waals surface area contributed by atoms with Crippen LogP contribution in [0.4, 0.5) is 0 Å². The molecular formula is C26H30ClN3O3S. The Labute approximate surface area is 209 Å². The van der Waals surface area contributed by atoms with Gasteiger partial charge in [-0.3, -0.25) is 14.4 Å². The number of thioether (sulfide) groups is 1. The Morgan fingerprint density at radius 2 is 1.79 bits per heavy atom. The maximum Gasteiger partial charge on any atom is 0.256 e. The third kappa shape index (κ3) is 4.82. The molecular weight excluding hydrogens is 470 g/mol. The van der Waals surface area contributed by atoms with Crippen LogP contribution in [-0.4, -0.2) is 39.5 Å². The van der Waals surface area contributed by atoms with Crippen LogP contribution in [0.2, 0.25) is 5.02 Å². The summed E-state index contributed by atoms with van der Waals surface area (Å²) in [6.45, 7) is 8.32. The van der Waals surface area contributed by atoms with Gasteiger partial charge in [0.2, 0.25) is 11.8 Å². The summed E-state index contributed by atoms with van der Waals surface area (Å²) >= 11 is 7.55. The van der Waals surface area contributed by atoms with Crippen molar-refractivity contribution >= 4 is 41.1 Å². The number of rotatable bonds is 7. The summed E-state index contributed by atoms with van der Waals surface area (Å²) in [5.74, 6) is -0.476. The summed E-state index contributed by atoms with van der Waals surface area (Å²) in [6, 6.07) is 13.4. The molecule has 2 N–H and O–H groups in total. The highest BCUT2D eigenvalue weighted by atomic mass is 35.5. The van der Waals surface area contributed by atoms with Gasteiger partial charge in [0.15, 0.2) is 0 Å². The Hall–Kier alpha value is -2.51. The third-order valence-electron chi connectivity index (χ3n) is 6.26. The van der Waals surface area contributed by atoms with E-state index in [9.17, 15) is 14.4 Å². The van der Waals surface area contributed by atoms with Gasteiger partial charge in [-0.05, 0) is 55.5 Å². The monoisotopic (exact) mass is 499 g/mol. The zero-order valence-electron chi connectivity index (χ0n) is 19.8. The van der Waals surface area contributed by atoms with Gasteiger partial charge in [-0.25, -0.2) is 0 Å². The highest BCUT2D eigenvalue weighted by molar-refractivity contribution is 8.01. The van der Waals surface area contributed by atoms with Crippen LogP contribution >= 0.6 is 23.4 Å². The van der Waals surface area contributed by atoms with Crippen molar-refractivity contribution in [3.8, 4) is 0 Å². The van der Waals surface area contributed by atoms with Crippen molar-refractivity contribution in [3.63, 3.8) is 0 Å². The van der Waals surface area contributed by atoms with E-state index in [1.54, 1.807) is 28.8 Å². The molecule has 180 valence electrons. The molecule has 34 heavy (non-hydrogen) atoms. The molecule has 2 aromatic rings. The van der Waals surface area contributed by atoms with Crippen molar-refractivity contribution in [1.82, 2.24) is 15.5 Å². The molecule has 0 bridgehead atoms. The fourth-order valence-corrected chi connectivity index (χ4v) is 6.39. The molecule has 0 spiro atoms. The lowest BCUT2D eigenvalue weighted by molar-refractivity contribution is -0.132. The zero-order chi connectivity index (χ0) is 24.6. The summed E-state index contributed by atoms with van der Waals surface area (Å²) < 4.78 is -0.500. The van der Waals surface area contributed by atoms with Gasteiger partial charge in [-0.15, -0.1) is 11.8 Å². The standard InChI is InChI=1S/C26H30ClN3O3S/c1-15(2)13-20(22(31)28-14-16-9-11-17(27)12-10-16)29-23(32)21-26(3,4)34-25-19-8-6-5-7-18(19)24(33)30(21)25/h5-12,15,20-21,25H,13-14H2,1-4H3,(H,28,31)(H,29,32). The number of benzene rings is 2. The first-order valence-electron chi connectivity index (χ1n) is 11.5. The molecule has 0 aliphatic carbocycles. The highest BCUT2D eigenvalue weighted by Gasteiger charge is 2.57. The topological polar surface area (TPSA) is 78.5 Å². The minimum atomic E-state index is -0.695. The van der Waals surface area contributed by atoms with Gasteiger partial charge < -0.3 is 15.5 Å². The third-order valence-corrected chi connectivity index (χ3v) is 8.05. The molecule has 6 nitrogen and oxygen atoms in total. The SMILES string of the molecule is CC(C)CC(NC(=O)C1N2C(=O)c3ccccc3C2SC1(C)C)C(=O)NCc1ccc(Cl)cc1. The van der Waals surface area contributed by atoms with Crippen molar-refractivity contribution in [2.24, 2.45) is 5.92 Å². The molecule has 0 aromatic heterocycles. The Morgan fingerprint density at radius 3 is 2.47 bits per heavy atom. The van der Waals surface area contributed by atoms with E-state index >= 15 is 0 Å². The van der Waals surface area contributed by atoms with E-state index in [1.165, 1.54) is 0 Å². The smallest absolute Gasteiger partial charge is 0.256 e. The average Bonchev–Trinajstić information content (AvgIpc) is 3.21. The Morgan fingerprint density at radius 1 is 1.12 bits per heavy atom. The van der Waals surface area contributed by atoms with Crippen molar-refractivity contribution in [2.75, 3.05) is 0 Å². The minimum Gasteiger partial charge on any atom is -0.350 e. The fourth-order valence-electron chi connectivity index (χ4n) is 4.67. The van der Waals surface area contributed by atoms with Crippen LogP contribution in [0.25, 0.3) is 0 Å². The number of hydrogen-bond donors (Lipinski definition) is 2. The number of carbonyl (C=O) groups excluding carboxylic acids is 3. The molecule has 2 aliphatic heterocycles. The van der Waals surface area contributed by atoms with Gasteiger partial charge in [0.25, 0.3) is 5.91 Å². The highest BCUT2D eigenvalue weighted by Crippen LogP contribution is 2.56. The van der Waals surface area contributed by atoms with E-state index in [4.69, 9.17) is 11.6 Å². The molecule has 2 aliphatic rings. The quantitative estimate of drug-likeness (QED) is 0.586. The van der Waals surface area contributed by atoms with E-state index in [2.05, 4.69) is 10.6 Å². The molecule has 8 heteroatoms. The lowest BCUT2D eigenvalue weighted by Crippen LogP contribution is -2.57. The summed E-state index contributed by atoms with van der Waals surface area (Å²) in [7, 11) is 0. The number of nitrogens with zero attached hydrogens (tertiary/aromatic N) is 1. The molecule has 1 fully saturated rings. The van der Waals surface area contributed by atoms with Gasteiger partial charge >= 0.3 is 0 Å². The number of halogens is 1. The first kappa shape index (κ1) is 24.6. The second-order valence-electron chi connectivity index (χ2n) is 9.81. The molecule has 3 amide bonds. The van der Waals surface area contributed by atoms with Crippen molar-refractivity contribution in [2.45, 2.75) is 62.9 Å². The van der Waals surface area contributed by atoms with Crippen LogP contribution < -0.4 is 10.6 Å². The van der Waals surface area contributed by atoms with Gasteiger partial charge in [0.1, 0.15) is 17.5 Å². The van der Waals surface area contributed by atoms with Crippen LogP contribution in [0.15, 0.2) is 48.5 Å². The maximum absolute atomic E-state index is 13.6. The summed E-state index contributed by atoms with van der Waals surface area (Å²) in [5.41, 5.74) is 2.51. The Bertz CT molecular complexity index is 1100. The van der Waals surface area contributed by atoms with E-state index in [0.717, 1.165) is 11.1 Å². The van der Waals surface area contributed by atoms with Crippen LogP contribution in [0.1, 0.15) is 61.0 Å². The lowest BCUT2D eigenvalue weighted by atomic mass is 9.98. The lowest BCUT2D eigenvalue weighted by Gasteiger charge is -2.31. The first-order valence-corrected chi connectivity index (χ1v) is 12.8. The Kier molecular flexibility index (Phi) is 6.97. The predicted molar refractivity (Wildman–Crippen MR) is 135 cm³/mol.